The number of para-hydroxylation sites is 1. The summed E-state index contributed by atoms with van der Waals surface area (Å²) in [6.45, 7) is 2.05. The maximum Gasteiger partial charge on any atom is 0.304 e. The molecule has 2 aromatic heterocycles. The van der Waals surface area contributed by atoms with Crippen LogP contribution < -0.4 is 0 Å². The molecule has 0 saturated carbocycles. The van der Waals surface area contributed by atoms with E-state index in [4.69, 9.17) is 5.11 Å². The van der Waals surface area contributed by atoms with Gasteiger partial charge in [0.2, 0.25) is 0 Å². The van der Waals surface area contributed by atoms with Gasteiger partial charge in [-0.1, -0.05) is 30.0 Å². The van der Waals surface area contributed by atoms with Gasteiger partial charge in [0.05, 0.1) is 11.9 Å². The number of carboxylic acids is 1. The molecule has 0 radical (unpaired) electrons. The van der Waals surface area contributed by atoms with Gasteiger partial charge in [-0.3, -0.25) is 9.20 Å². The van der Waals surface area contributed by atoms with E-state index in [2.05, 4.69) is 16.3 Å². The van der Waals surface area contributed by atoms with Crippen LogP contribution in [0.15, 0.2) is 35.5 Å². The quantitative estimate of drug-likeness (QED) is 0.747. The molecular weight excluding hydrogens is 274 g/mol. The summed E-state index contributed by atoms with van der Waals surface area (Å²) >= 11 is 1.41. The highest BCUT2D eigenvalue weighted by atomic mass is 32.2. The molecule has 6 heteroatoms. The Labute approximate surface area is 119 Å². The molecule has 0 aliphatic rings. The molecule has 0 atom stereocenters. The van der Waals surface area contributed by atoms with Crippen LogP contribution in [0.2, 0.25) is 0 Å². The Morgan fingerprint density at radius 3 is 2.95 bits per heavy atom. The number of carboxylic acid groups (broad SMARTS) is 1. The molecule has 5 nitrogen and oxygen atoms in total. The molecule has 2 heterocycles. The molecule has 0 bridgehead atoms. The van der Waals surface area contributed by atoms with E-state index in [9.17, 15) is 4.79 Å². The van der Waals surface area contributed by atoms with Gasteiger partial charge in [-0.25, -0.2) is 0 Å². The number of rotatable bonds is 4. The summed E-state index contributed by atoms with van der Waals surface area (Å²) in [6.07, 6.45) is 0.114. The van der Waals surface area contributed by atoms with Crippen molar-refractivity contribution in [2.24, 2.45) is 0 Å². The van der Waals surface area contributed by atoms with Gasteiger partial charge in [0.1, 0.15) is 0 Å². The number of aromatic nitrogens is 3. The van der Waals surface area contributed by atoms with Crippen LogP contribution in [-0.4, -0.2) is 31.4 Å². The highest BCUT2D eigenvalue weighted by Gasteiger charge is 2.11. The fourth-order valence-corrected chi connectivity index (χ4v) is 3.08. The normalized spacial score (nSPS) is 11.2. The number of aliphatic carboxylic acids is 1. The van der Waals surface area contributed by atoms with Gasteiger partial charge < -0.3 is 5.11 Å². The van der Waals surface area contributed by atoms with E-state index < -0.39 is 5.97 Å². The maximum atomic E-state index is 10.6. The molecule has 0 amide bonds. The molecule has 0 spiro atoms. The number of pyridine rings is 1. The van der Waals surface area contributed by atoms with Crippen LogP contribution in [0, 0.1) is 6.92 Å². The first-order valence-corrected chi connectivity index (χ1v) is 7.23. The summed E-state index contributed by atoms with van der Waals surface area (Å²) in [6, 6.07) is 10.1. The first-order valence-electron chi connectivity index (χ1n) is 6.25. The summed E-state index contributed by atoms with van der Waals surface area (Å²) in [4.78, 5) is 10.6. The van der Waals surface area contributed by atoms with Crippen LogP contribution in [0.25, 0.3) is 16.6 Å². The second-order valence-electron chi connectivity index (χ2n) is 4.51. The lowest BCUT2D eigenvalue weighted by Crippen LogP contribution is -1.98. The third-order valence-corrected chi connectivity index (χ3v) is 4.05. The summed E-state index contributed by atoms with van der Waals surface area (Å²) in [5.41, 5.74) is 2.99. The lowest BCUT2D eigenvalue weighted by Gasteiger charge is -2.06. The van der Waals surface area contributed by atoms with Gasteiger partial charge in [-0.15, -0.1) is 10.2 Å². The van der Waals surface area contributed by atoms with Crippen LogP contribution in [0.4, 0.5) is 0 Å². The van der Waals surface area contributed by atoms with E-state index in [0.717, 1.165) is 27.3 Å². The molecule has 3 rings (SSSR count). The standard InChI is InChI=1S/C14H13N3O2S/c1-9-8-12-15-16-14(20-7-6-13(18)19)17(12)11-5-3-2-4-10(9)11/h2-5,8H,6-7H2,1H3,(H,18,19). The second-order valence-corrected chi connectivity index (χ2v) is 5.57. The number of benzene rings is 1. The summed E-state index contributed by atoms with van der Waals surface area (Å²) in [7, 11) is 0. The summed E-state index contributed by atoms with van der Waals surface area (Å²) in [5, 5.41) is 18.9. The fourth-order valence-electron chi connectivity index (χ4n) is 2.20. The van der Waals surface area contributed by atoms with E-state index in [-0.39, 0.29) is 6.42 Å². The van der Waals surface area contributed by atoms with Gasteiger partial charge >= 0.3 is 5.97 Å². The minimum atomic E-state index is -0.799. The van der Waals surface area contributed by atoms with Crippen LogP contribution in [0.3, 0.4) is 0 Å². The molecule has 0 fully saturated rings. The molecule has 0 unspecified atom stereocenters. The number of carbonyl (C=O) groups is 1. The molecule has 1 N–H and O–H groups in total. The minimum absolute atomic E-state index is 0.114. The number of thioether (sulfide) groups is 1. The zero-order chi connectivity index (χ0) is 14.1. The number of aryl methyl sites for hydroxylation is 1. The van der Waals surface area contributed by atoms with Gasteiger partial charge in [0.25, 0.3) is 0 Å². The lowest BCUT2D eigenvalue weighted by atomic mass is 10.1. The monoisotopic (exact) mass is 287 g/mol. The van der Waals surface area contributed by atoms with Crippen molar-refractivity contribution in [1.29, 1.82) is 0 Å². The van der Waals surface area contributed by atoms with E-state index >= 15 is 0 Å². The molecule has 1 aromatic carbocycles. The fraction of sp³-hybridized carbons (Fsp3) is 0.214. The number of hydrogen-bond acceptors (Lipinski definition) is 4. The molecule has 20 heavy (non-hydrogen) atoms. The van der Waals surface area contributed by atoms with E-state index in [1.54, 1.807) is 0 Å². The predicted octanol–water partition coefficient (Wildman–Crippen LogP) is 2.76. The Kier molecular flexibility index (Phi) is 3.31. The Balaban J connectivity index is 2.10. The van der Waals surface area contributed by atoms with Gasteiger partial charge in [0.15, 0.2) is 10.8 Å². The second kappa shape index (κ2) is 5.13. The third-order valence-electron chi connectivity index (χ3n) is 3.12. The van der Waals surface area contributed by atoms with E-state index in [0.29, 0.717) is 5.75 Å². The summed E-state index contributed by atoms with van der Waals surface area (Å²) < 4.78 is 1.98. The van der Waals surface area contributed by atoms with Crippen molar-refractivity contribution in [3.63, 3.8) is 0 Å². The highest BCUT2D eigenvalue weighted by molar-refractivity contribution is 7.99. The van der Waals surface area contributed by atoms with Gasteiger partial charge in [-0.05, 0) is 24.6 Å². The number of fused-ring (bicyclic) bond motifs is 3. The average Bonchev–Trinajstić information content (AvgIpc) is 2.82. The smallest absolute Gasteiger partial charge is 0.304 e. The number of hydrogen-bond donors (Lipinski definition) is 1. The van der Waals surface area contributed by atoms with Crippen molar-refractivity contribution < 1.29 is 9.90 Å². The van der Waals surface area contributed by atoms with Gasteiger partial charge in [-0.2, -0.15) is 0 Å². The van der Waals surface area contributed by atoms with Crippen LogP contribution >= 0.6 is 11.8 Å². The zero-order valence-electron chi connectivity index (χ0n) is 10.9. The first kappa shape index (κ1) is 12.9. The third kappa shape index (κ3) is 2.22. The highest BCUT2D eigenvalue weighted by Crippen LogP contribution is 2.25. The van der Waals surface area contributed by atoms with Crippen molar-refractivity contribution in [3.8, 4) is 0 Å². The molecule has 102 valence electrons. The molecule has 3 aromatic rings. The van der Waals surface area contributed by atoms with Crippen LogP contribution in [-0.2, 0) is 4.79 Å². The van der Waals surface area contributed by atoms with Crippen LogP contribution in [0.1, 0.15) is 12.0 Å². The van der Waals surface area contributed by atoms with E-state index in [1.807, 2.05) is 35.6 Å². The molecule has 0 saturated heterocycles. The molecule has 0 aliphatic carbocycles. The topological polar surface area (TPSA) is 67.5 Å². The molecule has 0 aliphatic heterocycles. The van der Waals surface area contributed by atoms with Gasteiger partial charge in [0, 0.05) is 11.1 Å². The number of nitrogens with zero attached hydrogens (tertiary/aromatic N) is 3. The van der Waals surface area contributed by atoms with Crippen molar-refractivity contribution >= 4 is 34.3 Å². The largest absolute Gasteiger partial charge is 0.481 e. The van der Waals surface area contributed by atoms with Crippen molar-refractivity contribution in [3.05, 3.63) is 35.9 Å². The van der Waals surface area contributed by atoms with Crippen molar-refractivity contribution in [2.45, 2.75) is 18.5 Å². The Bertz CT molecular complexity index is 798. The van der Waals surface area contributed by atoms with E-state index in [1.165, 1.54) is 11.8 Å². The maximum absolute atomic E-state index is 10.6. The SMILES string of the molecule is Cc1cc2nnc(SCCC(=O)O)n2c2ccccc12. The van der Waals surface area contributed by atoms with Crippen molar-refractivity contribution in [1.82, 2.24) is 14.6 Å². The lowest BCUT2D eigenvalue weighted by molar-refractivity contribution is -0.136. The van der Waals surface area contributed by atoms with Crippen molar-refractivity contribution in [2.75, 3.05) is 5.75 Å². The zero-order valence-corrected chi connectivity index (χ0v) is 11.7. The summed E-state index contributed by atoms with van der Waals surface area (Å²) in [5.74, 6) is -0.315. The Hall–Kier alpha value is -2.08. The first-order chi connectivity index (χ1) is 9.66. The van der Waals surface area contributed by atoms with Crippen LogP contribution in [0.5, 0.6) is 0 Å². The Morgan fingerprint density at radius 2 is 2.15 bits per heavy atom. The minimum Gasteiger partial charge on any atom is -0.481 e. The Morgan fingerprint density at radius 1 is 1.35 bits per heavy atom. The average molecular weight is 287 g/mol. The molecular formula is C14H13N3O2S. The predicted molar refractivity (Wildman–Crippen MR) is 78.2 cm³/mol.